The van der Waals surface area contributed by atoms with E-state index in [0.29, 0.717) is 0 Å². The lowest BCUT2D eigenvalue weighted by Gasteiger charge is -2.15. The van der Waals surface area contributed by atoms with Gasteiger partial charge >= 0.3 is 0 Å². The minimum Gasteiger partial charge on any atom is -0.370 e. The summed E-state index contributed by atoms with van der Waals surface area (Å²) in [6.07, 6.45) is 4.55. The van der Waals surface area contributed by atoms with Gasteiger partial charge in [-0.05, 0) is 31.7 Å². The zero-order chi connectivity index (χ0) is 14.4. The molecular formula is C15H20N4S. The Morgan fingerprint density at radius 1 is 1.10 bits per heavy atom. The number of hydrogen-bond donors (Lipinski definition) is 2. The first-order valence-electron chi connectivity index (χ1n) is 6.77. The molecule has 0 atom stereocenters. The summed E-state index contributed by atoms with van der Waals surface area (Å²) in [6.45, 7) is 5.04. The average Bonchev–Trinajstić information content (AvgIpc) is 2.48. The minimum absolute atomic E-state index is 0.852. The predicted molar refractivity (Wildman–Crippen MR) is 87.1 cm³/mol. The second kappa shape index (κ2) is 7.14. The summed E-state index contributed by atoms with van der Waals surface area (Å²) >= 11 is 1.72. The molecule has 0 unspecified atom stereocenters. The maximum atomic E-state index is 4.39. The third-order valence-electron chi connectivity index (χ3n) is 3.00. The molecule has 5 heteroatoms. The molecule has 0 aliphatic rings. The Bertz CT molecular complexity index is 572. The van der Waals surface area contributed by atoms with Gasteiger partial charge in [0, 0.05) is 17.0 Å². The van der Waals surface area contributed by atoms with Crippen LogP contribution in [0.2, 0.25) is 0 Å². The monoisotopic (exact) mass is 288 g/mol. The van der Waals surface area contributed by atoms with Crippen LogP contribution >= 0.6 is 11.8 Å². The Morgan fingerprint density at radius 3 is 2.55 bits per heavy atom. The molecule has 2 rings (SSSR count). The maximum absolute atomic E-state index is 4.39. The third-order valence-corrected chi connectivity index (χ3v) is 3.80. The highest BCUT2D eigenvalue weighted by Gasteiger charge is 2.10. The van der Waals surface area contributed by atoms with Gasteiger partial charge in [0.2, 0.25) is 0 Å². The fourth-order valence-corrected chi connectivity index (χ4v) is 2.60. The van der Waals surface area contributed by atoms with E-state index in [4.69, 9.17) is 0 Å². The van der Waals surface area contributed by atoms with Crippen molar-refractivity contribution in [3.8, 4) is 0 Å². The van der Waals surface area contributed by atoms with E-state index in [-0.39, 0.29) is 0 Å². The van der Waals surface area contributed by atoms with Crippen molar-refractivity contribution in [2.45, 2.75) is 25.2 Å². The molecule has 1 heterocycles. The van der Waals surface area contributed by atoms with Crippen LogP contribution in [0.1, 0.15) is 19.4 Å². The van der Waals surface area contributed by atoms with Crippen LogP contribution in [-0.4, -0.2) is 22.8 Å². The Kier molecular flexibility index (Phi) is 5.24. The molecule has 0 radical (unpaired) electrons. The molecule has 0 amide bonds. The van der Waals surface area contributed by atoms with Gasteiger partial charge in [-0.3, -0.25) is 0 Å². The molecule has 1 aromatic carbocycles. The molecule has 106 valence electrons. The van der Waals surface area contributed by atoms with E-state index < -0.39 is 0 Å². The van der Waals surface area contributed by atoms with Gasteiger partial charge in [0.05, 0.1) is 5.69 Å². The molecule has 0 saturated carbocycles. The van der Waals surface area contributed by atoms with E-state index in [0.717, 1.165) is 35.9 Å². The highest BCUT2D eigenvalue weighted by Crippen LogP contribution is 2.29. The van der Waals surface area contributed by atoms with Crippen LogP contribution in [0.15, 0.2) is 35.5 Å². The quantitative estimate of drug-likeness (QED) is 0.789. The molecule has 0 bridgehead atoms. The first-order valence-corrected chi connectivity index (χ1v) is 8.00. The van der Waals surface area contributed by atoms with Gasteiger partial charge in [-0.15, -0.1) is 11.8 Å². The van der Waals surface area contributed by atoms with Crippen molar-refractivity contribution in [1.29, 1.82) is 0 Å². The number of nitrogens with zero attached hydrogens (tertiary/aromatic N) is 2. The van der Waals surface area contributed by atoms with Crippen LogP contribution in [0, 0.1) is 0 Å². The van der Waals surface area contributed by atoms with Gasteiger partial charge in [-0.25, -0.2) is 9.97 Å². The molecule has 0 spiro atoms. The molecule has 1 aromatic heterocycles. The molecular weight excluding hydrogens is 268 g/mol. The summed E-state index contributed by atoms with van der Waals surface area (Å²) in [5.74, 6) is 1.79. The van der Waals surface area contributed by atoms with Crippen LogP contribution < -0.4 is 10.6 Å². The summed E-state index contributed by atoms with van der Waals surface area (Å²) < 4.78 is 0. The summed E-state index contributed by atoms with van der Waals surface area (Å²) in [6, 6.07) is 8.24. The van der Waals surface area contributed by atoms with Crippen molar-refractivity contribution in [2.75, 3.05) is 23.4 Å². The Labute approximate surface area is 124 Å². The molecule has 2 aromatic rings. The van der Waals surface area contributed by atoms with Crippen LogP contribution in [-0.2, 0) is 6.42 Å². The van der Waals surface area contributed by atoms with E-state index >= 15 is 0 Å². The number of hydrogen-bond acceptors (Lipinski definition) is 5. The fourth-order valence-electron chi connectivity index (χ4n) is 2.05. The van der Waals surface area contributed by atoms with Gasteiger partial charge in [0.1, 0.15) is 18.0 Å². The first kappa shape index (κ1) is 14.7. The number of aromatic nitrogens is 2. The van der Waals surface area contributed by atoms with Gasteiger partial charge < -0.3 is 10.6 Å². The summed E-state index contributed by atoms with van der Waals surface area (Å²) in [5, 5.41) is 6.72. The van der Waals surface area contributed by atoms with Crippen LogP contribution in [0.25, 0.3) is 0 Å². The van der Waals surface area contributed by atoms with Gasteiger partial charge in [-0.1, -0.05) is 19.1 Å². The first-order chi connectivity index (χ1) is 9.80. The zero-order valence-electron chi connectivity index (χ0n) is 12.1. The second-order valence-corrected chi connectivity index (χ2v) is 5.11. The van der Waals surface area contributed by atoms with Crippen molar-refractivity contribution in [3.05, 3.63) is 36.2 Å². The Hall–Kier alpha value is -1.75. The predicted octanol–water partition coefficient (Wildman–Crippen LogP) is 3.94. The summed E-state index contributed by atoms with van der Waals surface area (Å²) in [4.78, 5) is 9.91. The van der Waals surface area contributed by atoms with Crippen molar-refractivity contribution in [3.63, 3.8) is 0 Å². The fraction of sp³-hybridized carbons (Fsp3) is 0.333. The largest absolute Gasteiger partial charge is 0.370 e. The zero-order valence-corrected chi connectivity index (χ0v) is 12.9. The number of para-hydroxylation sites is 1. The van der Waals surface area contributed by atoms with Crippen LogP contribution in [0.3, 0.4) is 0 Å². The van der Waals surface area contributed by atoms with Crippen molar-refractivity contribution >= 4 is 29.1 Å². The molecule has 0 saturated heterocycles. The van der Waals surface area contributed by atoms with E-state index in [1.54, 1.807) is 18.1 Å². The molecule has 0 aliphatic heterocycles. The van der Waals surface area contributed by atoms with E-state index in [1.807, 2.05) is 12.1 Å². The maximum Gasteiger partial charge on any atom is 0.139 e. The Morgan fingerprint density at radius 2 is 1.85 bits per heavy atom. The topological polar surface area (TPSA) is 49.8 Å². The minimum atomic E-state index is 0.852. The Balaban J connectivity index is 2.35. The van der Waals surface area contributed by atoms with E-state index in [1.165, 1.54) is 4.90 Å². The molecule has 2 N–H and O–H groups in total. The lowest BCUT2D eigenvalue weighted by molar-refractivity contribution is 1.03. The SMILES string of the molecule is CCNc1ncnc(Nc2ccccc2SC)c1CC. The number of rotatable bonds is 6. The molecule has 4 nitrogen and oxygen atoms in total. The summed E-state index contributed by atoms with van der Waals surface area (Å²) in [7, 11) is 0. The second-order valence-electron chi connectivity index (χ2n) is 4.26. The standard InChI is InChI=1S/C15H20N4S/c1-4-11-14(16-5-2)17-10-18-15(11)19-12-8-6-7-9-13(12)20-3/h6-10H,4-5H2,1-3H3,(H2,16,17,18,19). The molecule has 20 heavy (non-hydrogen) atoms. The smallest absolute Gasteiger partial charge is 0.139 e. The van der Waals surface area contributed by atoms with E-state index in [9.17, 15) is 0 Å². The number of thioether (sulfide) groups is 1. The van der Waals surface area contributed by atoms with Gasteiger partial charge in [0.25, 0.3) is 0 Å². The highest BCUT2D eigenvalue weighted by atomic mass is 32.2. The van der Waals surface area contributed by atoms with Crippen molar-refractivity contribution < 1.29 is 0 Å². The van der Waals surface area contributed by atoms with E-state index in [2.05, 4.69) is 52.8 Å². The van der Waals surface area contributed by atoms with Crippen molar-refractivity contribution in [2.24, 2.45) is 0 Å². The lowest BCUT2D eigenvalue weighted by atomic mass is 10.2. The highest BCUT2D eigenvalue weighted by molar-refractivity contribution is 7.98. The van der Waals surface area contributed by atoms with Crippen LogP contribution in [0.5, 0.6) is 0 Å². The van der Waals surface area contributed by atoms with Gasteiger partial charge in [-0.2, -0.15) is 0 Å². The normalized spacial score (nSPS) is 10.3. The molecule has 0 aliphatic carbocycles. The van der Waals surface area contributed by atoms with Crippen molar-refractivity contribution in [1.82, 2.24) is 9.97 Å². The summed E-state index contributed by atoms with van der Waals surface area (Å²) in [5.41, 5.74) is 2.20. The average molecular weight is 288 g/mol. The number of benzene rings is 1. The van der Waals surface area contributed by atoms with Crippen LogP contribution in [0.4, 0.5) is 17.3 Å². The number of anilines is 3. The third kappa shape index (κ3) is 3.22. The lowest BCUT2D eigenvalue weighted by Crippen LogP contribution is -2.07. The number of nitrogens with one attached hydrogen (secondary N) is 2. The van der Waals surface area contributed by atoms with Gasteiger partial charge in [0.15, 0.2) is 0 Å². The molecule has 0 fully saturated rings.